The number of furan rings is 1. The van der Waals surface area contributed by atoms with E-state index in [1.54, 1.807) is 33.1 Å². The van der Waals surface area contributed by atoms with Crippen molar-refractivity contribution in [2.24, 2.45) is 0 Å². The molecule has 0 aliphatic carbocycles. The average Bonchev–Trinajstić information content (AvgIpc) is 3.07. The SMILES string of the molecule is C=C(C)C(O)(C(=C)C)c1ccc(CN(CCOC)Cc2cccc(F)c2)o1. The minimum atomic E-state index is -1.39. The second-order valence-corrected chi connectivity index (χ2v) is 6.87. The van der Waals surface area contributed by atoms with Crippen LogP contribution in [0, 0.1) is 5.82 Å². The van der Waals surface area contributed by atoms with E-state index < -0.39 is 5.60 Å². The first-order valence-corrected chi connectivity index (χ1v) is 8.86. The van der Waals surface area contributed by atoms with E-state index in [0.29, 0.717) is 48.9 Å². The van der Waals surface area contributed by atoms with Crippen molar-refractivity contribution in [1.29, 1.82) is 0 Å². The summed E-state index contributed by atoms with van der Waals surface area (Å²) in [6, 6.07) is 10.1. The lowest BCUT2D eigenvalue weighted by Crippen LogP contribution is -2.28. The molecule has 1 N–H and O–H groups in total. The van der Waals surface area contributed by atoms with E-state index >= 15 is 0 Å². The van der Waals surface area contributed by atoms with Crippen molar-refractivity contribution in [2.75, 3.05) is 20.3 Å². The molecule has 0 spiro atoms. The number of benzene rings is 1. The maximum atomic E-state index is 13.5. The molecule has 27 heavy (non-hydrogen) atoms. The van der Waals surface area contributed by atoms with Gasteiger partial charge in [-0.3, -0.25) is 4.90 Å². The highest BCUT2D eigenvalue weighted by Crippen LogP contribution is 2.35. The number of methoxy groups -OCH3 is 1. The van der Waals surface area contributed by atoms with E-state index in [-0.39, 0.29) is 5.82 Å². The zero-order valence-corrected chi connectivity index (χ0v) is 16.3. The van der Waals surface area contributed by atoms with Crippen LogP contribution in [-0.4, -0.2) is 30.3 Å². The molecular weight excluding hydrogens is 345 g/mol. The summed E-state index contributed by atoms with van der Waals surface area (Å²) in [5.74, 6) is 0.834. The molecule has 5 heteroatoms. The Morgan fingerprint density at radius 1 is 1.19 bits per heavy atom. The van der Waals surface area contributed by atoms with Gasteiger partial charge in [-0.2, -0.15) is 0 Å². The lowest BCUT2D eigenvalue weighted by atomic mass is 9.87. The van der Waals surface area contributed by atoms with Gasteiger partial charge in [-0.1, -0.05) is 25.3 Å². The molecule has 0 fully saturated rings. The van der Waals surface area contributed by atoms with Gasteiger partial charge in [0.15, 0.2) is 5.60 Å². The molecule has 0 aliphatic rings. The number of ether oxygens (including phenoxy) is 1. The molecule has 2 rings (SSSR count). The van der Waals surface area contributed by atoms with Crippen LogP contribution in [0.2, 0.25) is 0 Å². The van der Waals surface area contributed by atoms with Gasteiger partial charge in [-0.05, 0) is 54.8 Å². The maximum absolute atomic E-state index is 13.5. The Morgan fingerprint density at radius 3 is 2.48 bits per heavy atom. The predicted molar refractivity (Wildman–Crippen MR) is 105 cm³/mol. The van der Waals surface area contributed by atoms with E-state index in [1.807, 2.05) is 12.1 Å². The number of nitrogens with zero attached hydrogens (tertiary/aromatic N) is 1. The topological polar surface area (TPSA) is 45.8 Å². The largest absolute Gasteiger partial charge is 0.461 e. The second-order valence-electron chi connectivity index (χ2n) is 6.87. The standard InChI is InChI=1S/C22H28FNO3/c1-16(2)22(25,17(3)4)21-10-9-20(27-21)15-24(11-12-26-5)14-18-7-6-8-19(23)13-18/h6-10,13,25H,1,3,11-12,14-15H2,2,4-5H3. The molecule has 0 bridgehead atoms. The van der Waals surface area contributed by atoms with Crippen LogP contribution in [0.5, 0.6) is 0 Å². The van der Waals surface area contributed by atoms with Crippen molar-refractivity contribution in [3.8, 4) is 0 Å². The highest BCUT2D eigenvalue weighted by atomic mass is 19.1. The van der Waals surface area contributed by atoms with Gasteiger partial charge >= 0.3 is 0 Å². The van der Waals surface area contributed by atoms with Crippen LogP contribution >= 0.6 is 0 Å². The Balaban J connectivity index is 2.19. The third-order valence-corrected chi connectivity index (χ3v) is 4.54. The third kappa shape index (κ3) is 5.16. The molecule has 0 radical (unpaired) electrons. The van der Waals surface area contributed by atoms with Crippen molar-refractivity contribution in [2.45, 2.75) is 32.5 Å². The van der Waals surface area contributed by atoms with Crippen LogP contribution in [0.4, 0.5) is 4.39 Å². The van der Waals surface area contributed by atoms with E-state index in [0.717, 1.165) is 5.56 Å². The van der Waals surface area contributed by atoms with E-state index in [1.165, 1.54) is 12.1 Å². The zero-order chi connectivity index (χ0) is 20.0. The fourth-order valence-electron chi connectivity index (χ4n) is 2.99. The summed E-state index contributed by atoms with van der Waals surface area (Å²) in [7, 11) is 1.64. The molecular formula is C22H28FNO3. The fraction of sp³-hybridized carbons (Fsp3) is 0.364. The van der Waals surface area contributed by atoms with E-state index in [2.05, 4.69) is 18.1 Å². The highest BCUT2D eigenvalue weighted by Gasteiger charge is 2.34. The van der Waals surface area contributed by atoms with Crippen LogP contribution in [0.25, 0.3) is 0 Å². The molecule has 1 aromatic carbocycles. The Labute approximate surface area is 160 Å². The first-order chi connectivity index (χ1) is 12.8. The fourth-order valence-corrected chi connectivity index (χ4v) is 2.99. The van der Waals surface area contributed by atoms with Gasteiger partial charge in [-0.25, -0.2) is 4.39 Å². The first-order valence-electron chi connectivity index (χ1n) is 8.86. The molecule has 0 amide bonds. The van der Waals surface area contributed by atoms with Gasteiger partial charge < -0.3 is 14.3 Å². The van der Waals surface area contributed by atoms with Gasteiger partial charge in [0.2, 0.25) is 0 Å². The quantitative estimate of drug-likeness (QED) is 0.627. The molecule has 2 aromatic rings. The summed E-state index contributed by atoms with van der Waals surface area (Å²) in [4.78, 5) is 2.10. The number of hydrogen-bond donors (Lipinski definition) is 1. The van der Waals surface area contributed by atoms with Crippen LogP contribution in [-0.2, 0) is 23.4 Å². The van der Waals surface area contributed by atoms with Gasteiger partial charge in [0.05, 0.1) is 13.2 Å². The minimum Gasteiger partial charge on any atom is -0.461 e. The summed E-state index contributed by atoms with van der Waals surface area (Å²) < 4.78 is 24.6. The van der Waals surface area contributed by atoms with Gasteiger partial charge in [0.25, 0.3) is 0 Å². The smallest absolute Gasteiger partial charge is 0.163 e. The normalized spacial score (nSPS) is 11.8. The molecule has 0 saturated carbocycles. The maximum Gasteiger partial charge on any atom is 0.163 e. The highest BCUT2D eigenvalue weighted by molar-refractivity contribution is 5.35. The molecule has 146 valence electrons. The zero-order valence-electron chi connectivity index (χ0n) is 16.3. The van der Waals surface area contributed by atoms with Crippen molar-refractivity contribution in [3.63, 3.8) is 0 Å². The van der Waals surface area contributed by atoms with Crippen molar-refractivity contribution >= 4 is 0 Å². The number of aliphatic hydroxyl groups is 1. The molecule has 1 aromatic heterocycles. The Kier molecular flexibility index (Phi) is 7.13. The predicted octanol–water partition coefficient (Wildman–Crippen LogP) is 4.41. The summed E-state index contributed by atoms with van der Waals surface area (Å²) >= 11 is 0. The summed E-state index contributed by atoms with van der Waals surface area (Å²) in [5.41, 5.74) is 0.579. The lowest BCUT2D eigenvalue weighted by Gasteiger charge is -2.27. The summed E-state index contributed by atoms with van der Waals surface area (Å²) in [6.45, 7) is 13.5. The van der Waals surface area contributed by atoms with Crippen molar-refractivity contribution in [1.82, 2.24) is 4.90 Å². The van der Waals surface area contributed by atoms with Crippen LogP contribution in [0.3, 0.4) is 0 Å². The third-order valence-electron chi connectivity index (χ3n) is 4.54. The number of rotatable bonds is 10. The molecule has 0 saturated heterocycles. The first kappa shape index (κ1) is 21.1. The Hall–Kier alpha value is -2.21. The molecule has 1 heterocycles. The minimum absolute atomic E-state index is 0.257. The molecule has 0 unspecified atom stereocenters. The van der Waals surface area contributed by atoms with E-state index in [4.69, 9.17) is 9.15 Å². The average molecular weight is 373 g/mol. The molecule has 0 aliphatic heterocycles. The molecule has 0 atom stereocenters. The summed E-state index contributed by atoms with van der Waals surface area (Å²) in [6.07, 6.45) is 0. The Morgan fingerprint density at radius 2 is 1.89 bits per heavy atom. The van der Waals surface area contributed by atoms with Crippen LogP contribution in [0.15, 0.2) is 65.1 Å². The summed E-state index contributed by atoms with van der Waals surface area (Å²) in [5, 5.41) is 10.9. The van der Waals surface area contributed by atoms with Crippen molar-refractivity contribution in [3.05, 3.63) is 83.6 Å². The number of halogens is 1. The van der Waals surface area contributed by atoms with Crippen LogP contribution in [0.1, 0.15) is 30.9 Å². The number of hydrogen-bond acceptors (Lipinski definition) is 4. The molecule has 4 nitrogen and oxygen atoms in total. The van der Waals surface area contributed by atoms with Gasteiger partial charge in [-0.15, -0.1) is 0 Å². The van der Waals surface area contributed by atoms with Gasteiger partial charge in [0.1, 0.15) is 17.3 Å². The Bertz CT molecular complexity index is 782. The van der Waals surface area contributed by atoms with Crippen LogP contribution < -0.4 is 0 Å². The van der Waals surface area contributed by atoms with Crippen molar-refractivity contribution < 1.29 is 18.7 Å². The second kappa shape index (κ2) is 9.13. The van der Waals surface area contributed by atoms with Gasteiger partial charge in [0, 0.05) is 20.2 Å². The monoisotopic (exact) mass is 373 g/mol. The van der Waals surface area contributed by atoms with E-state index in [9.17, 15) is 9.50 Å². The lowest BCUT2D eigenvalue weighted by molar-refractivity contribution is 0.0863.